The van der Waals surface area contributed by atoms with Crippen molar-refractivity contribution in [3.63, 3.8) is 0 Å². The van der Waals surface area contributed by atoms with Crippen molar-refractivity contribution in [1.82, 2.24) is 0 Å². The third-order valence-electron chi connectivity index (χ3n) is 5.50. The van der Waals surface area contributed by atoms with Gasteiger partial charge in [-0.2, -0.15) is 0 Å². The molecule has 2 aromatic carbocycles. The Kier molecular flexibility index (Phi) is 6.28. The summed E-state index contributed by atoms with van der Waals surface area (Å²) in [5.74, 6) is -5.76. The Morgan fingerprint density at radius 1 is 0.944 bits per heavy atom. The maximum Gasteiger partial charge on any atom is 0.335 e. The van der Waals surface area contributed by atoms with Crippen molar-refractivity contribution in [2.24, 2.45) is 0 Å². The van der Waals surface area contributed by atoms with Crippen LogP contribution in [0.3, 0.4) is 0 Å². The molecule has 0 spiro atoms. The van der Waals surface area contributed by atoms with Crippen molar-refractivity contribution >= 4 is 16.9 Å². The number of ether oxygens (including phenoxy) is 3. The van der Waals surface area contributed by atoms with Crippen molar-refractivity contribution in [3.05, 3.63) is 34.5 Å². The number of aliphatic hydroxyl groups excluding tert-OH is 3. The predicted octanol–water partition coefficient (Wildman–Crippen LogP) is -0.438. The van der Waals surface area contributed by atoms with Gasteiger partial charge in [-0.25, -0.2) is 4.79 Å². The number of hydrogen-bond donors (Lipinski definition) is 8. The second-order valence-corrected chi connectivity index (χ2v) is 7.83. The van der Waals surface area contributed by atoms with Gasteiger partial charge in [0.1, 0.15) is 40.8 Å². The third kappa shape index (κ3) is 4.07. The van der Waals surface area contributed by atoms with Crippen LogP contribution in [0.2, 0.25) is 0 Å². The van der Waals surface area contributed by atoms with Gasteiger partial charge in [0.05, 0.1) is 7.11 Å². The third-order valence-corrected chi connectivity index (χ3v) is 5.50. The highest BCUT2D eigenvalue weighted by Crippen LogP contribution is 2.43. The fourth-order valence-corrected chi connectivity index (χ4v) is 3.71. The van der Waals surface area contributed by atoms with Crippen LogP contribution < -0.4 is 14.9 Å². The van der Waals surface area contributed by atoms with Crippen molar-refractivity contribution in [2.75, 3.05) is 7.11 Å². The van der Waals surface area contributed by atoms with Crippen LogP contribution in [0.15, 0.2) is 33.5 Å². The molecule has 0 amide bonds. The molecule has 14 heteroatoms. The topological polar surface area (TPSA) is 237 Å². The average molecular weight is 508 g/mol. The zero-order valence-corrected chi connectivity index (χ0v) is 18.2. The van der Waals surface area contributed by atoms with E-state index in [0.29, 0.717) is 0 Å². The number of fused-ring (bicyclic) bond motifs is 1. The summed E-state index contributed by atoms with van der Waals surface area (Å²) in [5, 5.41) is 79.2. The fourth-order valence-electron chi connectivity index (χ4n) is 3.71. The molecule has 0 bridgehead atoms. The van der Waals surface area contributed by atoms with E-state index in [2.05, 4.69) is 0 Å². The van der Waals surface area contributed by atoms with Gasteiger partial charge in [-0.3, -0.25) is 4.79 Å². The first-order valence-electron chi connectivity index (χ1n) is 10.2. The molecule has 192 valence electrons. The molecule has 0 aliphatic carbocycles. The fraction of sp³-hybridized carbons (Fsp3) is 0.273. The molecule has 1 aliphatic heterocycles. The monoisotopic (exact) mass is 508 g/mol. The van der Waals surface area contributed by atoms with Gasteiger partial charge in [-0.1, -0.05) is 0 Å². The summed E-state index contributed by atoms with van der Waals surface area (Å²) in [7, 11) is 1.17. The number of methoxy groups -OCH3 is 1. The van der Waals surface area contributed by atoms with Gasteiger partial charge in [0, 0.05) is 17.7 Å². The van der Waals surface area contributed by atoms with Crippen LogP contribution in [0.4, 0.5) is 0 Å². The summed E-state index contributed by atoms with van der Waals surface area (Å²) in [4.78, 5) is 24.8. The standard InChI is InChI=1S/C22H20O14/c1-33-11-3-6(2-9(25)13(11)26)18-19(14(27)12-8(24)4-7(23)5-10(12)34-18)35-22-17(30)15(28)16(29)20(36-22)21(31)32/h2-5,15-17,20,22-26,28-30H,1H3,(H,31,32)/t15-,16-,17+,20-,22+/m0/s1. The normalized spacial score (nSPS) is 23.9. The van der Waals surface area contributed by atoms with Crippen LogP contribution in [0.1, 0.15) is 0 Å². The van der Waals surface area contributed by atoms with E-state index in [9.17, 15) is 50.4 Å². The minimum absolute atomic E-state index is 0.139. The minimum Gasteiger partial charge on any atom is -0.508 e. The van der Waals surface area contributed by atoms with Crippen LogP contribution in [0.5, 0.6) is 34.5 Å². The van der Waals surface area contributed by atoms with E-state index >= 15 is 0 Å². The summed E-state index contributed by atoms with van der Waals surface area (Å²) >= 11 is 0. The number of benzene rings is 2. The zero-order valence-electron chi connectivity index (χ0n) is 18.2. The molecule has 8 N–H and O–H groups in total. The highest BCUT2D eigenvalue weighted by molar-refractivity contribution is 5.88. The molecule has 0 radical (unpaired) electrons. The minimum atomic E-state index is -2.05. The van der Waals surface area contributed by atoms with E-state index < -0.39 is 82.0 Å². The van der Waals surface area contributed by atoms with Crippen LogP contribution >= 0.6 is 0 Å². The molecular formula is C22H20O14. The predicted molar refractivity (Wildman–Crippen MR) is 116 cm³/mol. The number of carboxylic acid groups (broad SMARTS) is 1. The summed E-state index contributed by atoms with van der Waals surface area (Å²) in [6.45, 7) is 0. The van der Waals surface area contributed by atoms with Gasteiger partial charge in [0.15, 0.2) is 23.4 Å². The molecule has 1 aromatic heterocycles. The lowest BCUT2D eigenvalue weighted by molar-refractivity contribution is -0.271. The molecule has 3 aromatic rings. The maximum absolute atomic E-state index is 13.4. The van der Waals surface area contributed by atoms with Crippen LogP contribution in [-0.4, -0.2) is 84.6 Å². The first-order chi connectivity index (χ1) is 16.9. The SMILES string of the molecule is COc1cc(-c2oc3cc(O)cc(O)c3c(=O)c2O[C@@H]2O[C@H](C(=O)O)[C@@H](O)[C@H](O)[C@H]2O)cc(O)c1O. The second kappa shape index (κ2) is 9.09. The summed E-state index contributed by atoms with van der Waals surface area (Å²) in [5.41, 5.74) is -1.56. The second-order valence-electron chi connectivity index (χ2n) is 7.83. The Hall–Kier alpha value is -4.24. The van der Waals surface area contributed by atoms with E-state index in [1.807, 2.05) is 0 Å². The Morgan fingerprint density at radius 2 is 1.64 bits per heavy atom. The molecule has 0 saturated carbocycles. The molecule has 0 unspecified atom stereocenters. The number of carboxylic acids is 1. The number of carbonyl (C=O) groups is 1. The smallest absolute Gasteiger partial charge is 0.335 e. The lowest BCUT2D eigenvalue weighted by Gasteiger charge is -2.38. The number of rotatable bonds is 5. The molecule has 36 heavy (non-hydrogen) atoms. The number of aromatic hydroxyl groups is 4. The lowest BCUT2D eigenvalue weighted by Crippen LogP contribution is -2.61. The number of hydrogen-bond acceptors (Lipinski definition) is 13. The quantitative estimate of drug-likeness (QED) is 0.204. The Balaban J connectivity index is 1.95. The Labute approximate surface area is 200 Å². The molecular weight excluding hydrogens is 488 g/mol. The molecule has 5 atom stereocenters. The molecule has 14 nitrogen and oxygen atoms in total. The zero-order chi connectivity index (χ0) is 26.5. The number of phenols is 4. The number of aliphatic carboxylic acids is 1. The van der Waals surface area contributed by atoms with Gasteiger partial charge in [-0.15, -0.1) is 0 Å². The first-order valence-corrected chi connectivity index (χ1v) is 10.2. The Morgan fingerprint density at radius 3 is 2.28 bits per heavy atom. The summed E-state index contributed by atoms with van der Waals surface area (Å²) < 4.78 is 21.1. The van der Waals surface area contributed by atoms with Crippen LogP contribution in [0.25, 0.3) is 22.3 Å². The van der Waals surface area contributed by atoms with Gasteiger partial charge < -0.3 is 59.5 Å². The van der Waals surface area contributed by atoms with Crippen molar-refractivity contribution in [3.8, 4) is 45.8 Å². The van der Waals surface area contributed by atoms with Gasteiger partial charge in [0.25, 0.3) is 0 Å². The highest BCUT2D eigenvalue weighted by atomic mass is 16.7. The molecule has 2 heterocycles. The largest absolute Gasteiger partial charge is 0.508 e. The molecule has 4 rings (SSSR count). The average Bonchev–Trinajstić information content (AvgIpc) is 2.81. The first kappa shape index (κ1) is 24.9. The van der Waals surface area contributed by atoms with Crippen molar-refractivity contribution < 1.29 is 64.3 Å². The number of phenolic OH excluding ortho intramolecular Hbond substituents is 4. The van der Waals surface area contributed by atoms with E-state index in [1.54, 1.807) is 0 Å². The van der Waals surface area contributed by atoms with Gasteiger partial charge in [-0.05, 0) is 12.1 Å². The Bertz CT molecular complexity index is 1400. The molecule has 1 aliphatic rings. The molecule has 1 fully saturated rings. The molecule has 1 saturated heterocycles. The van der Waals surface area contributed by atoms with Crippen LogP contribution in [-0.2, 0) is 9.53 Å². The van der Waals surface area contributed by atoms with Crippen molar-refractivity contribution in [1.29, 1.82) is 0 Å². The summed E-state index contributed by atoms with van der Waals surface area (Å²) in [6, 6.07) is 3.91. The van der Waals surface area contributed by atoms with Gasteiger partial charge >= 0.3 is 5.97 Å². The van der Waals surface area contributed by atoms with E-state index in [4.69, 9.17) is 18.6 Å². The van der Waals surface area contributed by atoms with E-state index in [1.165, 1.54) is 7.11 Å². The number of aliphatic hydroxyl groups is 3. The summed E-state index contributed by atoms with van der Waals surface area (Å²) in [6.07, 6.45) is -10.2. The van der Waals surface area contributed by atoms with Gasteiger partial charge in [0.2, 0.25) is 23.2 Å². The highest BCUT2D eigenvalue weighted by Gasteiger charge is 2.48. The van der Waals surface area contributed by atoms with E-state index in [0.717, 1.165) is 24.3 Å². The van der Waals surface area contributed by atoms with Crippen LogP contribution in [0, 0.1) is 0 Å². The van der Waals surface area contributed by atoms with E-state index in [-0.39, 0.29) is 16.9 Å². The van der Waals surface area contributed by atoms with Crippen molar-refractivity contribution in [2.45, 2.75) is 30.7 Å². The maximum atomic E-state index is 13.4. The lowest BCUT2D eigenvalue weighted by atomic mass is 9.99.